The maximum absolute atomic E-state index is 3.49. The maximum atomic E-state index is 3.49. The Hall–Kier alpha value is -0.0800. The van der Waals surface area contributed by atoms with Gasteiger partial charge in [0.2, 0.25) is 0 Å². The molecular weight excluding hydrogens is 172 g/mol. The van der Waals surface area contributed by atoms with Gasteiger partial charge in [0, 0.05) is 11.6 Å². The first-order chi connectivity index (χ1) is 6.76. The van der Waals surface area contributed by atoms with E-state index in [1.54, 1.807) is 0 Å². The van der Waals surface area contributed by atoms with Crippen molar-refractivity contribution in [1.82, 2.24) is 10.2 Å². The average Bonchev–Trinajstić information content (AvgIpc) is 2.98. The van der Waals surface area contributed by atoms with Gasteiger partial charge in [0.15, 0.2) is 0 Å². The Kier molecular flexibility index (Phi) is 3.13. The van der Waals surface area contributed by atoms with Crippen LogP contribution in [0.5, 0.6) is 0 Å². The minimum absolute atomic E-state index is 0.554. The minimum Gasteiger partial charge on any atom is -0.314 e. The van der Waals surface area contributed by atoms with Crippen LogP contribution in [0.25, 0.3) is 0 Å². The SMILES string of the molecule is CNC1(CCC2CCCCN2C)CC1. The lowest BCUT2D eigenvalue weighted by molar-refractivity contribution is 0.168. The molecule has 0 radical (unpaired) electrons. The first-order valence-electron chi connectivity index (χ1n) is 6.15. The molecule has 2 fully saturated rings. The normalized spacial score (nSPS) is 31.7. The number of rotatable bonds is 4. The van der Waals surface area contributed by atoms with Crippen molar-refractivity contribution < 1.29 is 0 Å². The van der Waals surface area contributed by atoms with E-state index in [9.17, 15) is 0 Å². The van der Waals surface area contributed by atoms with Crippen molar-refractivity contribution >= 4 is 0 Å². The van der Waals surface area contributed by atoms with Crippen LogP contribution in [0, 0.1) is 0 Å². The highest BCUT2D eigenvalue weighted by molar-refractivity contribution is 5.01. The van der Waals surface area contributed by atoms with Crippen LogP contribution in [0.4, 0.5) is 0 Å². The third-order valence-corrected chi connectivity index (χ3v) is 4.26. The van der Waals surface area contributed by atoms with E-state index in [0.29, 0.717) is 5.54 Å². The monoisotopic (exact) mass is 196 g/mol. The molecule has 1 N–H and O–H groups in total. The van der Waals surface area contributed by atoms with Crippen molar-refractivity contribution in [3.63, 3.8) is 0 Å². The molecule has 1 aliphatic carbocycles. The van der Waals surface area contributed by atoms with Crippen LogP contribution in [0.15, 0.2) is 0 Å². The molecule has 1 aliphatic heterocycles. The van der Waals surface area contributed by atoms with E-state index in [0.717, 1.165) is 6.04 Å². The Morgan fingerprint density at radius 3 is 2.71 bits per heavy atom. The predicted octanol–water partition coefficient (Wildman–Crippen LogP) is 2.00. The fraction of sp³-hybridized carbons (Fsp3) is 1.00. The van der Waals surface area contributed by atoms with E-state index < -0.39 is 0 Å². The molecule has 1 atom stereocenters. The molecule has 0 bridgehead atoms. The van der Waals surface area contributed by atoms with Gasteiger partial charge < -0.3 is 10.2 Å². The molecule has 1 saturated carbocycles. The lowest BCUT2D eigenvalue weighted by atomic mass is 9.96. The van der Waals surface area contributed by atoms with Gasteiger partial charge in [-0.1, -0.05) is 6.42 Å². The largest absolute Gasteiger partial charge is 0.314 e. The molecule has 0 aromatic rings. The van der Waals surface area contributed by atoms with Gasteiger partial charge in [-0.25, -0.2) is 0 Å². The zero-order valence-electron chi connectivity index (χ0n) is 9.68. The van der Waals surface area contributed by atoms with Gasteiger partial charge in [-0.05, 0) is 59.2 Å². The van der Waals surface area contributed by atoms with Crippen molar-refractivity contribution in [2.75, 3.05) is 20.6 Å². The van der Waals surface area contributed by atoms with Gasteiger partial charge in [0.1, 0.15) is 0 Å². The lowest BCUT2D eigenvalue weighted by Crippen LogP contribution is -2.38. The number of hydrogen-bond acceptors (Lipinski definition) is 2. The summed E-state index contributed by atoms with van der Waals surface area (Å²) < 4.78 is 0. The van der Waals surface area contributed by atoms with Crippen LogP contribution in [-0.4, -0.2) is 37.1 Å². The molecule has 82 valence electrons. The van der Waals surface area contributed by atoms with Gasteiger partial charge >= 0.3 is 0 Å². The van der Waals surface area contributed by atoms with E-state index in [1.807, 2.05) is 0 Å². The number of nitrogens with one attached hydrogen (secondary N) is 1. The predicted molar refractivity (Wildman–Crippen MR) is 60.5 cm³/mol. The fourth-order valence-electron chi connectivity index (χ4n) is 2.73. The zero-order valence-corrected chi connectivity index (χ0v) is 9.68. The summed E-state index contributed by atoms with van der Waals surface area (Å²) in [6, 6.07) is 0.870. The zero-order chi connectivity index (χ0) is 10.0. The van der Waals surface area contributed by atoms with E-state index in [-0.39, 0.29) is 0 Å². The van der Waals surface area contributed by atoms with Crippen LogP contribution < -0.4 is 5.32 Å². The minimum atomic E-state index is 0.554. The van der Waals surface area contributed by atoms with E-state index in [4.69, 9.17) is 0 Å². The van der Waals surface area contributed by atoms with Crippen LogP contribution in [0.3, 0.4) is 0 Å². The second-order valence-electron chi connectivity index (χ2n) is 5.20. The van der Waals surface area contributed by atoms with Gasteiger partial charge in [-0.2, -0.15) is 0 Å². The fourth-order valence-corrected chi connectivity index (χ4v) is 2.73. The van der Waals surface area contributed by atoms with Crippen LogP contribution >= 0.6 is 0 Å². The maximum Gasteiger partial charge on any atom is 0.0180 e. The quantitative estimate of drug-likeness (QED) is 0.740. The van der Waals surface area contributed by atoms with Crippen molar-refractivity contribution in [2.45, 2.75) is 56.5 Å². The molecule has 2 heteroatoms. The Labute approximate surface area is 88.1 Å². The summed E-state index contributed by atoms with van der Waals surface area (Å²) in [5, 5.41) is 3.49. The third kappa shape index (κ3) is 2.29. The summed E-state index contributed by atoms with van der Waals surface area (Å²) in [5.74, 6) is 0. The van der Waals surface area contributed by atoms with Gasteiger partial charge in [0.05, 0.1) is 0 Å². The van der Waals surface area contributed by atoms with Crippen LogP contribution in [0.1, 0.15) is 44.9 Å². The Bertz CT molecular complexity index is 187. The van der Waals surface area contributed by atoms with Crippen molar-refractivity contribution in [3.05, 3.63) is 0 Å². The molecule has 14 heavy (non-hydrogen) atoms. The number of nitrogens with zero attached hydrogens (tertiary/aromatic N) is 1. The van der Waals surface area contributed by atoms with E-state index in [2.05, 4.69) is 24.3 Å². The topological polar surface area (TPSA) is 15.3 Å². The Morgan fingerprint density at radius 2 is 2.14 bits per heavy atom. The molecule has 2 nitrogen and oxygen atoms in total. The Morgan fingerprint density at radius 1 is 1.36 bits per heavy atom. The summed E-state index contributed by atoms with van der Waals surface area (Å²) in [6.45, 7) is 1.32. The van der Waals surface area contributed by atoms with E-state index in [1.165, 1.54) is 51.5 Å². The third-order valence-electron chi connectivity index (χ3n) is 4.26. The van der Waals surface area contributed by atoms with Gasteiger partial charge in [-0.3, -0.25) is 0 Å². The van der Waals surface area contributed by atoms with Crippen LogP contribution in [-0.2, 0) is 0 Å². The van der Waals surface area contributed by atoms with Gasteiger partial charge in [-0.15, -0.1) is 0 Å². The molecule has 1 heterocycles. The summed E-state index contributed by atoms with van der Waals surface area (Å²) in [7, 11) is 4.42. The first kappa shape index (κ1) is 10.4. The average molecular weight is 196 g/mol. The van der Waals surface area contributed by atoms with E-state index >= 15 is 0 Å². The highest BCUT2D eigenvalue weighted by Gasteiger charge is 2.40. The van der Waals surface area contributed by atoms with Crippen molar-refractivity contribution in [2.24, 2.45) is 0 Å². The molecule has 2 rings (SSSR count). The van der Waals surface area contributed by atoms with Crippen molar-refractivity contribution in [3.8, 4) is 0 Å². The number of piperidine rings is 1. The molecule has 2 aliphatic rings. The smallest absolute Gasteiger partial charge is 0.0180 e. The summed E-state index contributed by atoms with van der Waals surface area (Å²) in [4.78, 5) is 2.56. The molecule has 0 amide bonds. The molecule has 0 spiro atoms. The second-order valence-corrected chi connectivity index (χ2v) is 5.20. The molecule has 1 unspecified atom stereocenters. The number of likely N-dealkylation sites (tertiary alicyclic amines) is 1. The van der Waals surface area contributed by atoms with Crippen molar-refractivity contribution in [1.29, 1.82) is 0 Å². The summed E-state index contributed by atoms with van der Waals surface area (Å²) >= 11 is 0. The standard InChI is InChI=1S/C12H24N2/c1-13-12(8-9-12)7-6-11-5-3-4-10-14(11)2/h11,13H,3-10H2,1-2H3. The van der Waals surface area contributed by atoms with Gasteiger partial charge in [0.25, 0.3) is 0 Å². The molecule has 0 aromatic carbocycles. The molecular formula is C12H24N2. The summed E-state index contributed by atoms with van der Waals surface area (Å²) in [5.41, 5.74) is 0.554. The highest BCUT2D eigenvalue weighted by Crippen LogP contribution is 2.40. The first-order valence-corrected chi connectivity index (χ1v) is 6.15. The molecule has 1 saturated heterocycles. The summed E-state index contributed by atoms with van der Waals surface area (Å²) in [6.07, 6.45) is 9.87. The van der Waals surface area contributed by atoms with Crippen LogP contribution in [0.2, 0.25) is 0 Å². The Balaban J connectivity index is 1.73. The molecule has 0 aromatic heterocycles. The highest BCUT2D eigenvalue weighted by atomic mass is 15.1. The second kappa shape index (κ2) is 4.19. The lowest BCUT2D eigenvalue weighted by Gasteiger charge is -2.33. The number of hydrogen-bond donors (Lipinski definition) is 1.